The van der Waals surface area contributed by atoms with Gasteiger partial charge in [-0.05, 0) is 55.3 Å². The standard InChI is InChI=1S/C23H26N2O6S/c1-14-7-15(2)9-18(8-14)25-20-13-32(28,29)12-19(20)24(23(25)27)11-17-10-16(22(26)31-4)5-6-21(17)30-3/h5-10,19-20H,11-13H2,1-4H3/t19-,20+/m0/s1. The number of benzene rings is 2. The molecule has 2 heterocycles. The van der Waals surface area contributed by atoms with Gasteiger partial charge in [0.25, 0.3) is 0 Å². The van der Waals surface area contributed by atoms with Crippen LogP contribution in [-0.4, -0.2) is 63.1 Å². The number of nitrogens with zero attached hydrogens (tertiary/aromatic N) is 2. The lowest BCUT2D eigenvalue weighted by Crippen LogP contribution is -2.37. The van der Waals surface area contributed by atoms with Gasteiger partial charge in [0.15, 0.2) is 9.84 Å². The topological polar surface area (TPSA) is 93.2 Å². The van der Waals surface area contributed by atoms with E-state index in [2.05, 4.69) is 0 Å². The molecule has 0 saturated carbocycles. The van der Waals surface area contributed by atoms with E-state index in [0.29, 0.717) is 22.6 Å². The van der Waals surface area contributed by atoms with Crippen molar-refractivity contribution < 1.29 is 27.5 Å². The van der Waals surface area contributed by atoms with Gasteiger partial charge in [0.2, 0.25) is 0 Å². The van der Waals surface area contributed by atoms with Crippen molar-refractivity contribution in [2.45, 2.75) is 32.5 Å². The number of hydrogen-bond donors (Lipinski definition) is 0. The summed E-state index contributed by atoms with van der Waals surface area (Å²) in [6, 6.07) is 9.44. The lowest BCUT2D eigenvalue weighted by molar-refractivity contribution is 0.0600. The Hall–Kier alpha value is -3.07. The smallest absolute Gasteiger partial charge is 0.337 e. The minimum atomic E-state index is -3.30. The summed E-state index contributed by atoms with van der Waals surface area (Å²) in [5.74, 6) is -0.164. The van der Waals surface area contributed by atoms with Crippen molar-refractivity contribution in [2.75, 3.05) is 30.6 Å². The number of ether oxygens (including phenoxy) is 2. The molecule has 2 fully saturated rings. The van der Waals surface area contributed by atoms with E-state index in [1.54, 1.807) is 28.0 Å². The molecule has 0 spiro atoms. The van der Waals surface area contributed by atoms with Crippen LogP contribution in [0, 0.1) is 13.8 Å². The second kappa shape index (κ2) is 8.12. The predicted octanol–water partition coefficient (Wildman–Crippen LogP) is 2.71. The summed E-state index contributed by atoms with van der Waals surface area (Å²) in [5, 5.41) is 0. The number of carbonyl (C=O) groups is 2. The number of aryl methyl sites for hydroxylation is 2. The van der Waals surface area contributed by atoms with Crippen molar-refractivity contribution in [1.29, 1.82) is 0 Å². The molecule has 2 saturated heterocycles. The number of fused-ring (bicyclic) bond motifs is 1. The fourth-order valence-corrected chi connectivity index (χ4v) is 6.63. The van der Waals surface area contributed by atoms with Crippen LogP contribution in [0.4, 0.5) is 10.5 Å². The van der Waals surface area contributed by atoms with Gasteiger partial charge in [0, 0.05) is 11.3 Å². The second-order valence-corrected chi connectivity index (χ2v) is 10.5. The number of urea groups is 1. The number of amides is 2. The number of methoxy groups -OCH3 is 2. The predicted molar refractivity (Wildman–Crippen MR) is 120 cm³/mol. The van der Waals surface area contributed by atoms with E-state index in [9.17, 15) is 18.0 Å². The fraction of sp³-hybridized carbons (Fsp3) is 0.391. The number of sulfone groups is 1. The first-order valence-corrected chi connectivity index (χ1v) is 12.1. The quantitative estimate of drug-likeness (QED) is 0.505. The summed E-state index contributed by atoms with van der Waals surface area (Å²) in [6.45, 7) is 4.01. The van der Waals surface area contributed by atoms with Crippen LogP contribution in [0.25, 0.3) is 0 Å². The van der Waals surface area contributed by atoms with Gasteiger partial charge in [-0.15, -0.1) is 0 Å². The van der Waals surface area contributed by atoms with Crippen molar-refractivity contribution in [1.82, 2.24) is 4.90 Å². The summed E-state index contributed by atoms with van der Waals surface area (Å²) in [4.78, 5) is 28.7. The SMILES string of the molecule is COC(=O)c1ccc(OC)c(CN2C(=O)N(c3cc(C)cc(C)c3)[C@@H]3CS(=O)(=O)C[C@@H]32)c1. The van der Waals surface area contributed by atoms with Crippen molar-refractivity contribution >= 4 is 27.5 Å². The monoisotopic (exact) mass is 458 g/mol. The van der Waals surface area contributed by atoms with Crippen molar-refractivity contribution in [3.8, 4) is 5.75 Å². The maximum Gasteiger partial charge on any atom is 0.337 e. The molecule has 0 unspecified atom stereocenters. The minimum absolute atomic E-state index is 0.0772. The Morgan fingerprint density at radius 1 is 1.03 bits per heavy atom. The average molecular weight is 459 g/mol. The molecule has 2 aromatic rings. The summed E-state index contributed by atoms with van der Waals surface area (Å²) in [6.07, 6.45) is 0. The Morgan fingerprint density at radius 3 is 2.31 bits per heavy atom. The number of esters is 1. The van der Waals surface area contributed by atoms with Crippen LogP contribution >= 0.6 is 0 Å². The fourth-order valence-electron chi connectivity index (χ4n) is 4.68. The van der Waals surface area contributed by atoms with Crippen LogP contribution < -0.4 is 9.64 Å². The van der Waals surface area contributed by atoms with Gasteiger partial charge >= 0.3 is 12.0 Å². The number of rotatable bonds is 5. The molecule has 0 aromatic heterocycles. The number of hydrogen-bond acceptors (Lipinski definition) is 6. The highest BCUT2D eigenvalue weighted by molar-refractivity contribution is 7.91. The number of carbonyl (C=O) groups excluding carboxylic acids is 2. The second-order valence-electron chi connectivity index (χ2n) is 8.36. The molecule has 4 rings (SSSR count). The van der Waals surface area contributed by atoms with Gasteiger partial charge in [-0.3, -0.25) is 4.90 Å². The van der Waals surface area contributed by atoms with Crippen LogP contribution in [0.5, 0.6) is 5.75 Å². The lowest BCUT2D eigenvalue weighted by atomic mass is 10.1. The first-order chi connectivity index (χ1) is 15.1. The third-order valence-electron chi connectivity index (χ3n) is 6.00. The lowest BCUT2D eigenvalue weighted by Gasteiger charge is -2.24. The van der Waals surface area contributed by atoms with Crippen molar-refractivity contribution in [2.24, 2.45) is 0 Å². The Balaban J connectivity index is 1.75. The van der Waals surface area contributed by atoms with Crippen molar-refractivity contribution in [3.05, 3.63) is 58.7 Å². The van der Waals surface area contributed by atoms with E-state index in [4.69, 9.17) is 9.47 Å². The highest BCUT2D eigenvalue weighted by Crippen LogP contribution is 2.37. The first kappa shape index (κ1) is 22.1. The normalized spacial score (nSPS) is 21.6. The maximum absolute atomic E-state index is 13.6. The molecule has 0 N–H and O–H groups in total. The molecule has 2 aliphatic heterocycles. The van der Waals surface area contributed by atoms with Gasteiger partial charge in [0.1, 0.15) is 5.75 Å². The third kappa shape index (κ3) is 3.92. The third-order valence-corrected chi connectivity index (χ3v) is 7.70. The van der Waals surface area contributed by atoms with Crippen LogP contribution in [0.2, 0.25) is 0 Å². The van der Waals surface area contributed by atoms with Gasteiger partial charge in [-0.25, -0.2) is 18.0 Å². The van der Waals surface area contributed by atoms with Crippen LogP contribution in [-0.2, 0) is 21.1 Å². The molecule has 2 aliphatic rings. The molecular weight excluding hydrogens is 432 g/mol. The molecule has 2 amide bonds. The molecule has 0 bridgehead atoms. The van der Waals surface area contributed by atoms with Gasteiger partial charge < -0.3 is 14.4 Å². The van der Waals surface area contributed by atoms with Crippen LogP contribution in [0.1, 0.15) is 27.0 Å². The van der Waals surface area contributed by atoms with Gasteiger partial charge in [0.05, 0.1) is 49.9 Å². The largest absolute Gasteiger partial charge is 0.496 e. The average Bonchev–Trinajstić information content (AvgIpc) is 3.16. The Morgan fingerprint density at radius 2 is 1.69 bits per heavy atom. The summed E-state index contributed by atoms with van der Waals surface area (Å²) >= 11 is 0. The molecule has 0 radical (unpaired) electrons. The van der Waals surface area contributed by atoms with Crippen molar-refractivity contribution in [3.63, 3.8) is 0 Å². The van der Waals surface area contributed by atoms with E-state index >= 15 is 0 Å². The molecule has 2 atom stereocenters. The Kier molecular flexibility index (Phi) is 5.62. The molecule has 170 valence electrons. The van der Waals surface area contributed by atoms with Gasteiger partial charge in [-0.1, -0.05) is 6.07 Å². The van der Waals surface area contributed by atoms with E-state index in [0.717, 1.165) is 11.1 Å². The highest BCUT2D eigenvalue weighted by atomic mass is 32.2. The molecule has 2 aromatic carbocycles. The molecule has 8 nitrogen and oxygen atoms in total. The van der Waals surface area contributed by atoms with Crippen LogP contribution in [0.3, 0.4) is 0 Å². The van der Waals surface area contributed by atoms with E-state index < -0.39 is 27.9 Å². The Labute approximate surface area is 187 Å². The Bertz CT molecular complexity index is 1170. The highest BCUT2D eigenvalue weighted by Gasteiger charge is 2.54. The van der Waals surface area contributed by atoms with Crippen LogP contribution in [0.15, 0.2) is 36.4 Å². The van der Waals surface area contributed by atoms with E-state index in [-0.39, 0.29) is 24.1 Å². The van der Waals surface area contributed by atoms with E-state index in [1.165, 1.54) is 14.2 Å². The zero-order valence-corrected chi connectivity index (χ0v) is 19.3. The zero-order valence-electron chi connectivity index (χ0n) is 18.5. The molecule has 32 heavy (non-hydrogen) atoms. The van der Waals surface area contributed by atoms with E-state index in [1.807, 2.05) is 32.0 Å². The maximum atomic E-state index is 13.6. The minimum Gasteiger partial charge on any atom is -0.496 e. The summed E-state index contributed by atoms with van der Waals surface area (Å²) in [5.41, 5.74) is 3.62. The molecule has 9 heteroatoms. The van der Waals surface area contributed by atoms with Gasteiger partial charge in [-0.2, -0.15) is 0 Å². The zero-order chi connectivity index (χ0) is 23.2. The summed E-state index contributed by atoms with van der Waals surface area (Å²) < 4.78 is 35.3. The summed E-state index contributed by atoms with van der Waals surface area (Å²) in [7, 11) is -0.493. The molecule has 0 aliphatic carbocycles. The number of anilines is 1. The molecular formula is C23H26N2O6S. The first-order valence-electron chi connectivity index (χ1n) is 10.3.